The Kier molecular flexibility index (Phi) is 6.21. The van der Waals surface area contributed by atoms with E-state index in [1.807, 2.05) is 38.1 Å². The van der Waals surface area contributed by atoms with Crippen LogP contribution in [0.25, 0.3) is 17.0 Å². The van der Waals surface area contributed by atoms with Gasteiger partial charge in [-0.15, -0.1) is 0 Å². The van der Waals surface area contributed by atoms with Gasteiger partial charge >= 0.3 is 5.97 Å². The zero-order valence-electron chi connectivity index (χ0n) is 20.1. The number of furan rings is 1. The molecule has 5 rings (SSSR count). The molecule has 2 heterocycles. The monoisotopic (exact) mass is 484 g/mol. The van der Waals surface area contributed by atoms with Gasteiger partial charge in [-0.1, -0.05) is 12.1 Å². The first kappa shape index (κ1) is 23.2. The molecule has 182 valence electrons. The average Bonchev–Trinajstić information content (AvgIpc) is 3.35. The van der Waals surface area contributed by atoms with E-state index in [9.17, 15) is 9.59 Å². The maximum atomic E-state index is 13.1. The fraction of sp³-hybridized carbons (Fsp3) is 0.172. The number of rotatable bonds is 7. The molecule has 0 radical (unpaired) electrons. The Morgan fingerprint density at radius 3 is 2.33 bits per heavy atom. The Bertz CT molecular complexity index is 1490. The summed E-state index contributed by atoms with van der Waals surface area (Å²) in [5.74, 6) is 1.79. The lowest BCUT2D eigenvalue weighted by Gasteiger charge is -2.06. The highest BCUT2D eigenvalue weighted by molar-refractivity contribution is 6.14. The van der Waals surface area contributed by atoms with Gasteiger partial charge in [0.25, 0.3) is 0 Å². The highest BCUT2D eigenvalue weighted by atomic mass is 16.5. The molecule has 3 aromatic carbocycles. The van der Waals surface area contributed by atoms with Crippen LogP contribution in [0.2, 0.25) is 0 Å². The van der Waals surface area contributed by atoms with Crippen molar-refractivity contribution in [2.45, 2.75) is 20.8 Å². The smallest absolute Gasteiger partial charge is 0.347 e. The summed E-state index contributed by atoms with van der Waals surface area (Å²) in [5, 5.41) is 0.608. The van der Waals surface area contributed by atoms with E-state index in [1.165, 1.54) is 6.07 Å². The Morgan fingerprint density at radius 2 is 1.58 bits per heavy atom. The molecule has 0 aliphatic carbocycles. The Balaban J connectivity index is 1.37. The van der Waals surface area contributed by atoms with Crippen molar-refractivity contribution in [3.63, 3.8) is 0 Å². The number of carbonyl (C=O) groups is 2. The summed E-state index contributed by atoms with van der Waals surface area (Å²) in [5.41, 5.74) is 2.09. The third-order valence-electron chi connectivity index (χ3n) is 5.69. The maximum Gasteiger partial charge on any atom is 0.347 e. The van der Waals surface area contributed by atoms with Gasteiger partial charge in [-0.25, -0.2) is 4.79 Å². The van der Waals surface area contributed by atoms with Crippen LogP contribution in [0.1, 0.15) is 45.9 Å². The molecule has 0 fully saturated rings. The van der Waals surface area contributed by atoms with Gasteiger partial charge in [0.1, 0.15) is 39.9 Å². The van der Waals surface area contributed by atoms with Gasteiger partial charge in [0.2, 0.25) is 5.78 Å². The fourth-order valence-electron chi connectivity index (χ4n) is 4.08. The van der Waals surface area contributed by atoms with E-state index in [1.54, 1.807) is 43.3 Å². The van der Waals surface area contributed by atoms with Gasteiger partial charge in [-0.05, 0) is 74.9 Å². The van der Waals surface area contributed by atoms with Crippen molar-refractivity contribution in [2.24, 2.45) is 0 Å². The van der Waals surface area contributed by atoms with Crippen LogP contribution in [0.5, 0.6) is 23.0 Å². The Labute approximate surface area is 207 Å². The van der Waals surface area contributed by atoms with E-state index in [0.717, 1.165) is 11.3 Å². The van der Waals surface area contributed by atoms with E-state index >= 15 is 0 Å². The molecule has 0 unspecified atom stereocenters. The van der Waals surface area contributed by atoms with Crippen LogP contribution in [0.15, 0.2) is 70.8 Å². The molecule has 0 atom stereocenters. The number of benzene rings is 3. The van der Waals surface area contributed by atoms with Crippen LogP contribution in [-0.4, -0.2) is 25.0 Å². The van der Waals surface area contributed by atoms with Crippen LogP contribution in [-0.2, 0) is 0 Å². The van der Waals surface area contributed by atoms with Gasteiger partial charge in [0, 0.05) is 11.5 Å². The molecule has 7 nitrogen and oxygen atoms in total. The van der Waals surface area contributed by atoms with Gasteiger partial charge in [-0.2, -0.15) is 0 Å². The molecule has 4 aromatic rings. The quantitative estimate of drug-likeness (QED) is 0.171. The molecule has 0 spiro atoms. The normalized spacial score (nSPS) is 13.5. The molecule has 7 heteroatoms. The number of hydrogen-bond acceptors (Lipinski definition) is 7. The first-order chi connectivity index (χ1) is 17.5. The molecule has 0 amide bonds. The second-order valence-corrected chi connectivity index (χ2v) is 8.11. The molecule has 0 saturated carbocycles. The molecule has 0 bridgehead atoms. The van der Waals surface area contributed by atoms with Gasteiger partial charge < -0.3 is 23.4 Å². The van der Waals surface area contributed by atoms with Crippen molar-refractivity contribution in [3.05, 3.63) is 88.9 Å². The zero-order valence-corrected chi connectivity index (χ0v) is 20.1. The summed E-state index contributed by atoms with van der Waals surface area (Å²) in [7, 11) is 0. The van der Waals surface area contributed by atoms with Crippen LogP contribution >= 0.6 is 0 Å². The predicted octanol–water partition coefficient (Wildman–Crippen LogP) is 6.37. The molecule has 1 aliphatic rings. The third-order valence-corrected chi connectivity index (χ3v) is 5.69. The van der Waals surface area contributed by atoms with Crippen molar-refractivity contribution in [1.82, 2.24) is 0 Å². The van der Waals surface area contributed by atoms with Crippen LogP contribution in [0.4, 0.5) is 0 Å². The molecule has 1 aromatic heterocycles. The lowest BCUT2D eigenvalue weighted by molar-refractivity contribution is 0.0734. The number of esters is 1. The second kappa shape index (κ2) is 9.62. The molecule has 0 N–H and O–H groups in total. The summed E-state index contributed by atoms with van der Waals surface area (Å²) in [4.78, 5) is 25.9. The van der Waals surface area contributed by atoms with Crippen LogP contribution in [0.3, 0.4) is 0 Å². The summed E-state index contributed by atoms with van der Waals surface area (Å²) >= 11 is 0. The highest BCUT2D eigenvalue weighted by Crippen LogP contribution is 2.36. The van der Waals surface area contributed by atoms with Gasteiger partial charge in [-0.3, -0.25) is 4.79 Å². The van der Waals surface area contributed by atoms with Crippen molar-refractivity contribution < 1.29 is 33.0 Å². The highest BCUT2D eigenvalue weighted by Gasteiger charge is 2.28. The lowest BCUT2D eigenvalue weighted by Crippen LogP contribution is -2.09. The van der Waals surface area contributed by atoms with E-state index in [2.05, 4.69) is 0 Å². The average molecular weight is 485 g/mol. The molecular formula is C29H24O7. The number of carbonyl (C=O) groups excluding carboxylic acids is 2. The lowest BCUT2D eigenvalue weighted by atomic mass is 10.1. The van der Waals surface area contributed by atoms with Gasteiger partial charge in [0.15, 0.2) is 5.76 Å². The Hall–Kier alpha value is -4.52. The minimum Gasteiger partial charge on any atom is -0.494 e. The van der Waals surface area contributed by atoms with Crippen molar-refractivity contribution >= 4 is 28.8 Å². The minimum atomic E-state index is -0.575. The molecule has 36 heavy (non-hydrogen) atoms. The van der Waals surface area contributed by atoms with Crippen LogP contribution < -0.4 is 18.9 Å². The van der Waals surface area contributed by atoms with E-state index < -0.39 is 5.97 Å². The number of allylic oxidation sites excluding steroid dienone is 1. The minimum absolute atomic E-state index is 0.192. The standard InChI is InChI=1S/C29H24O7/c1-4-32-19-8-6-18(7-9-19)14-26-28(30)22-12-10-21(16-25(22)36-26)35-29(31)27-17(3)34-24-13-11-20(33-5-2)15-23(24)27/h6-16H,4-5H2,1-3H3. The fourth-order valence-corrected chi connectivity index (χ4v) is 4.08. The molecule has 0 saturated heterocycles. The summed E-state index contributed by atoms with van der Waals surface area (Å²) < 4.78 is 28.2. The first-order valence-electron chi connectivity index (χ1n) is 11.7. The van der Waals surface area contributed by atoms with Crippen molar-refractivity contribution in [2.75, 3.05) is 13.2 Å². The number of hydrogen-bond donors (Lipinski definition) is 0. The predicted molar refractivity (Wildman–Crippen MR) is 134 cm³/mol. The second-order valence-electron chi connectivity index (χ2n) is 8.11. The zero-order chi connectivity index (χ0) is 25.2. The maximum absolute atomic E-state index is 13.1. The summed E-state index contributed by atoms with van der Waals surface area (Å²) in [6.07, 6.45) is 1.67. The SMILES string of the molecule is CCOc1ccc(C=C2Oc3cc(OC(=O)c4c(C)oc5ccc(OCC)cc45)ccc3C2=O)cc1. The topological polar surface area (TPSA) is 84.2 Å². The largest absolute Gasteiger partial charge is 0.494 e. The summed E-state index contributed by atoms with van der Waals surface area (Å²) in [6, 6.07) is 17.4. The van der Waals surface area contributed by atoms with Crippen molar-refractivity contribution in [3.8, 4) is 23.0 Å². The number of fused-ring (bicyclic) bond motifs is 2. The Morgan fingerprint density at radius 1 is 0.889 bits per heavy atom. The van der Waals surface area contributed by atoms with E-state index in [-0.39, 0.29) is 17.3 Å². The van der Waals surface area contributed by atoms with Gasteiger partial charge in [0.05, 0.1) is 18.8 Å². The van der Waals surface area contributed by atoms with E-state index in [0.29, 0.717) is 52.6 Å². The molecule has 1 aliphatic heterocycles. The molecular weight excluding hydrogens is 460 g/mol. The van der Waals surface area contributed by atoms with Crippen LogP contribution in [0, 0.1) is 6.92 Å². The number of aryl methyl sites for hydroxylation is 1. The number of Topliss-reactive ketones (excluding diaryl/α,β-unsaturated/α-hetero) is 1. The summed E-state index contributed by atoms with van der Waals surface area (Å²) in [6.45, 7) is 6.60. The third kappa shape index (κ3) is 4.43. The number of ether oxygens (including phenoxy) is 4. The van der Waals surface area contributed by atoms with E-state index in [4.69, 9.17) is 23.4 Å². The van der Waals surface area contributed by atoms with Crippen molar-refractivity contribution in [1.29, 1.82) is 0 Å². The number of ketones is 1. The first-order valence-corrected chi connectivity index (χ1v) is 11.7.